The summed E-state index contributed by atoms with van der Waals surface area (Å²) in [6.45, 7) is 3.95. The van der Waals surface area contributed by atoms with Gasteiger partial charge in [0, 0.05) is 15.7 Å². The minimum atomic E-state index is -0.672. The van der Waals surface area contributed by atoms with Gasteiger partial charge in [-0.2, -0.15) is 0 Å². The van der Waals surface area contributed by atoms with E-state index in [2.05, 4.69) is 10.6 Å². The van der Waals surface area contributed by atoms with Crippen LogP contribution in [0.3, 0.4) is 0 Å². The van der Waals surface area contributed by atoms with Gasteiger partial charge in [-0.1, -0.05) is 42.6 Å². The first kappa shape index (κ1) is 17.6. The lowest BCUT2D eigenvalue weighted by Gasteiger charge is -2.29. The highest BCUT2D eigenvalue weighted by atomic mass is 35.5. The third-order valence-corrected chi connectivity index (χ3v) is 3.98. The third-order valence-electron chi connectivity index (χ3n) is 3.42. The maximum Gasteiger partial charge on any atom is 0.338 e. The maximum atomic E-state index is 12.4. The van der Waals surface area contributed by atoms with Gasteiger partial charge in [0.1, 0.15) is 0 Å². The lowest BCUT2D eigenvalue weighted by atomic mass is 9.94. The molecule has 0 saturated heterocycles. The Morgan fingerprint density at radius 2 is 2.04 bits per heavy atom. The molecule has 2 N–H and O–H groups in total. The zero-order chi connectivity index (χ0) is 17.0. The summed E-state index contributed by atoms with van der Waals surface area (Å²) >= 11 is 12.2. The van der Waals surface area contributed by atoms with Gasteiger partial charge in [-0.15, -0.1) is 0 Å². The van der Waals surface area contributed by atoms with Crippen molar-refractivity contribution in [2.45, 2.75) is 32.7 Å². The SMILES string of the molecule is CCCC1=C(C(=O)OCC)C(c2ccc(Cl)cc2Cl)NC(=O)N1. The Kier molecular flexibility index (Phi) is 5.91. The van der Waals surface area contributed by atoms with E-state index in [-0.39, 0.29) is 12.6 Å². The fraction of sp³-hybridized carbons (Fsp3) is 0.375. The van der Waals surface area contributed by atoms with Crippen molar-refractivity contribution < 1.29 is 14.3 Å². The molecule has 23 heavy (non-hydrogen) atoms. The van der Waals surface area contributed by atoms with Crippen molar-refractivity contribution in [3.63, 3.8) is 0 Å². The van der Waals surface area contributed by atoms with E-state index in [1.807, 2.05) is 6.92 Å². The number of esters is 1. The summed E-state index contributed by atoms with van der Waals surface area (Å²) in [6.07, 6.45) is 1.34. The predicted molar refractivity (Wildman–Crippen MR) is 89.4 cm³/mol. The second-order valence-corrected chi connectivity index (χ2v) is 5.90. The number of hydrogen-bond donors (Lipinski definition) is 2. The van der Waals surface area contributed by atoms with Crippen molar-refractivity contribution in [2.24, 2.45) is 0 Å². The molecule has 1 aromatic rings. The van der Waals surface area contributed by atoms with Crippen LogP contribution in [0, 0.1) is 0 Å². The molecule has 1 aliphatic rings. The fourth-order valence-corrected chi connectivity index (χ4v) is 3.00. The molecule has 1 unspecified atom stereocenters. The molecule has 0 saturated carbocycles. The highest BCUT2D eigenvalue weighted by molar-refractivity contribution is 6.35. The second-order valence-electron chi connectivity index (χ2n) is 5.06. The first-order valence-electron chi connectivity index (χ1n) is 7.40. The van der Waals surface area contributed by atoms with Gasteiger partial charge in [0.15, 0.2) is 0 Å². The molecule has 0 aliphatic carbocycles. The Bertz CT molecular complexity index is 659. The van der Waals surface area contributed by atoms with Gasteiger partial charge in [-0.3, -0.25) is 0 Å². The number of amides is 2. The minimum absolute atomic E-state index is 0.247. The average molecular weight is 357 g/mol. The molecule has 1 aliphatic heterocycles. The van der Waals surface area contributed by atoms with Crippen molar-refractivity contribution in [3.8, 4) is 0 Å². The summed E-state index contributed by atoms with van der Waals surface area (Å²) in [4.78, 5) is 24.4. The molecular formula is C16H18Cl2N2O3. The van der Waals surface area contributed by atoms with Crippen molar-refractivity contribution in [1.82, 2.24) is 10.6 Å². The van der Waals surface area contributed by atoms with E-state index in [1.165, 1.54) is 0 Å². The number of benzene rings is 1. The van der Waals surface area contributed by atoms with Gasteiger partial charge in [0.25, 0.3) is 0 Å². The minimum Gasteiger partial charge on any atom is -0.463 e. The van der Waals surface area contributed by atoms with Crippen LogP contribution in [0.4, 0.5) is 4.79 Å². The normalized spacial score (nSPS) is 17.6. The highest BCUT2D eigenvalue weighted by Crippen LogP contribution is 2.34. The number of carbonyl (C=O) groups is 2. The molecule has 2 rings (SSSR count). The summed E-state index contributed by atoms with van der Waals surface area (Å²) in [5.41, 5.74) is 1.53. The van der Waals surface area contributed by atoms with Gasteiger partial charge in [-0.25, -0.2) is 9.59 Å². The monoisotopic (exact) mass is 356 g/mol. The second kappa shape index (κ2) is 7.70. The van der Waals surface area contributed by atoms with Crippen LogP contribution in [0.15, 0.2) is 29.5 Å². The van der Waals surface area contributed by atoms with Crippen LogP contribution in [0.25, 0.3) is 0 Å². The number of carbonyl (C=O) groups excluding carboxylic acids is 2. The molecule has 0 spiro atoms. The summed E-state index contributed by atoms with van der Waals surface area (Å²) in [6, 6.07) is 3.89. The molecule has 7 heteroatoms. The highest BCUT2D eigenvalue weighted by Gasteiger charge is 2.34. The van der Waals surface area contributed by atoms with Crippen molar-refractivity contribution in [3.05, 3.63) is 45.1 Å². The van der Waals surface area contributed by atoms with E-state index < -0.39 is 12.0 Å². The summed E-state index contributed by atoms with van der Waals surface area (Å²) in [5, 5.41) is 6.29. The zero-order valence-corrected chi connectivity index (χ0v) is 14.4. The molecule has 1 aromatic carbocycles. The van der Waals surface area contributed by atoms with Gasteiger partial charge >= 0.3 is 12.0 Å². The van der Waals surface area contributed by atoms with E-state index in [9.17, 15) is 9.59 Å². The molecule has 0 fully saturated rings. The number of urea groups is 1. The van der Waals surface area contributed by atoms with E-state index >= 15 is 0 Å². The standard InChI is InChI=1S/C16H18Cl2N2O3/c1-3-5-12-13(15(21)23-4-2)14(20-16(22)19-12)10-7-6-9(17)8-11(10)18/h6-8,14H,3-5H2,1-2H3,(H2,19,20,22). The van der Waals surface area contributed by atoms with E-state index in [1.54, 1.807) is 25.1 Å². The maximum absolute atomic E-state index is 12.4. The summed E-state index contributed by atoms with van der Waals surface area (Å²) in [7, 11) is 0. The third kappa shape index (κ3) is 3.98. The molecular weight excluding hydrogens is 339 g/mol. The number of rotatable bonds is 5. The predicted octanol–water partition coefficient (Wildman–Crippen LogP) is 3.96. The number of allylic oxidation sites excluding steroid dienone is 1. The largest absolute Gasteiger partial charge is 0.463 e. The fourth-order valence-electron chi connectivity index (χ4n) is 2.48. The van der Waals surface area contributed by atoms with Crippen LogP contribution in [-0.4, -0.2) is 18.6 Å². The van der Waals surface area contributed by atoms with Gasteiger partial charge in [0.2, 0.25) is 0 Å². The van der Waals surface area contributed by atoms with Crippen LogP contribution in [0.1, 0.15) is 38.3 Å². The summed E-state index contributed by atoms with van der Waals surface area (Å²) < 4.78 is 5.15. The van der Waals surface area contributed by atoms with Crippen LogP contribution < -0.4 is 10.6 Å². The number of halogens is 2. The van der Waals surface area contributed by atoms with Crippen LogP contribution >= 0.6 is 23.2 Å². The quantitative estimate of drug-likeness (QED) is 0.784. The Labute approximate surface area is 145 Å². The molecule has 0 radical (unpaired) electrons. The number of ether oxygens (including phenoxy) is 1. The molecule has 0 bridgehead atoms. The molecule has 0 aromatic heterocycles. The first-order chi connectivity index (χ1) is 11.0. The Morgan fingerprint density at radius 3 is 2.65 bits per heavy atom. The Morgan fingerprint density at radius 1 is 1.30 bits per heavy atom. The zero-order valence-electron chi connectivity index (χ0n) is 12.9. The molecule has 5 nitrogen and oxygen atoms in total. The lowest BCUT2D eigenvalue weighted by molar-refractivity contribution is -0.139. The smallest absolute Gasteiger partial charge is 0.338 e. The average Bonchev–Trinajstić information content (AvgIpc) is 2.47. The van der Waals surface area contributed by atoms with Crippen molar-refractivity contribution in [1.29, 1.82) is 0 Å². The van der Waals surface area contributed by atoms with E-state index in [4.69, 9.17) is 27.9 Å². The lowest BCUT2D eigenvalue weighted by Crippen LogP contribution is -2.46. The van der Waals surface area contributed by atoms with Gasteiger partial charge in [0.05, 0.1) is 18.2 Å². The topological polar surface area (TPSA) is 67.4 Å². The molecule has 1 heterocycles. The number of hydrogen-bond acceptors (Lipinski definition) is 3. The van der Waals surface area contributed by atoms with Crippen LogP contribution in [0.2, 0.25) is 10.0 Å². The van der Waals surface area contributed by atoms with E-state index in [0.717, 1.165) is 6.42 Å². The van der Waals surface area contributed by atoms with E-state index in [0.29, 0.717) is 33.3 Å². The Hall–Kier alpha value is -1.72. The molecule has 2 amide bonds. The van der Waals surface area contributed by atoms with Crippen molar-refractivity contribution in [2.75, 3.05) is 6.61 Å². The van der Waals surface area contributed by atoms with Crippen LogP contribution in [-0.2, 0) is 9.53 Å². The molecule has 124 valence electrons. The molecule has 1 atom stereocenters. The van der Waals surface area contributed by atoms with Crippen molar-refractivity contribution >= 4 is 35.2 Å². The first-order valence-corrected chi connectivity index (χ1v) is 8.16. The Balaban J connectivity index is 2.54. The van der Waals surface area contributed by atoms with Gasteiger partial charge < -0.3 is 15.4 Å². The van der Waals surface area contributed by atoms with Gasteiger partial charge in [-0.05, 0) is 31.0 Å². The summed E-state index contributed by atoms with van der Waals surface area (Å²) in [5.74, 6) is -0.473. The number of nitrogens with one attached hydrogen (secondary N) is 2. The van der Waals surface area contributed by atoms with Crippen LogP contribution in [0.5, 0.6) is 0 Å².